The highest BCUT2D eigenvalue weighted by Gasteiger charge is 2.13. The molecule has 0 spiro atoms. The molecule has 26 heavy (non-hydrogen) atoms. The molecule has 6 heteroatoms. The van der Waals surface area contributed by atoms with Gasteiger partial charge in [0.15, 0.2) is 0 Å². The first-order valence-electron chi connectivity index (χ1n) is 8.65. The number of H-pyrrole nitrogens is 1. The number of nitrogens with zero attached hydrogens (tertiary/aromatic N) is 2. The summed E-state index contributed by atoms with van der Waals surface area (Å²) in [4.78, 5) is 21.4. The van der Waals surface area contributed by atoms with Crippen LogP contribution in [0.4, 0.5) is 5.95 Å². The van der Waals surface area contributed by atoms with E-state index in [4.69, 9.17) is 0 Å². The molecule has 0 aliphatic heterocycles. The van der Waals surface area contributed by atoms with Gasteiger partial charge < -0.3 is 15.2 Å². The molecule has 0 unspecified atom stereocenters. The SMILES string of the molecule is CN(C)[C@@H](CNc1nc(=O)cc(Cc2ccsc2)[nH]1)Cc1ccccc1. The summed E-state index contributed by atoms with van der Waals surface area (Å²) < 4.78 is 0. The third-order valence-electron chi connectivity index (χ3n) is 4.32. The number of likely N-dealkylation sites (N-methyl/N-ethyl adjacent to an activating group) is 1. The topological polar surface area (TPSA) is 61.0 Å². The third kappa shape index (κ3) is 5.28. The van der Waals surface area contributed by atoms with E-state index in [0.29, 0.717) is 25.0 Å². The maximum atomic E-state index is 11.9. The molecule has 3 aromatic rings. The van der Waals surface area contributed by atoms with Crippen LogP contribution in [0.1, 0.15) is 16.8 Å². The van der Waals surface area contributed by atoms with E-state index in [-0.39, 0.29) is 5.56 Å². The molecule has 0 fully saturated rings. The summed E-state index contributed by atoms with van der Waals surface area (Å²) in [5.74, 6) is 0.530. The predicted octanol–water partition coefficient (Wildman–Crippen LogP) is 3.01. The summed E-state index contributed by atoms with van der Waals surface area (Å²) >= 11 is 1.66. The average Bonchev–Trinajstić information content (AvgIpc) is 3.11. The van der Waals surface area contributed by atoms with Crippen molar-refractivity contribution in [3.63, 3.8) is 0 Å². The van der Waals surface area contributed by atoms with E-state index in [0.717, 1.165) is 12.1 Å². The van der Waals surface area contributed by atoms with E-state index >= 15 is 0 Å². The first-order valence-corrected chi connectivity index (χ1v) is 9.60. The monoisotopic (exact) mass is 368 g/mol. The van der Waals surface area contributed by atoms with E-state index in [9.17, 15) is 4.79 Å². The van der Waals surface area contributed by atoms with Crippen LogP contribution in [0.2, 0.25) is 0 Å². The molecule has 3 rings (SSSR count). The number of nitrogens with one attached hydrogen (secondary N) is 2. The predicted molar refractivity (Wildman–Crippen MR) is 108 cm³/mol. The number of thiophene rings is 1. The summed E-state index contributed by atoms with van der Waals surface area (Å²) in [6.45, 7) is 0.701. The van der Waals surface area contributed by atoms with Gasteiger partial charge in [0.05, 0.1) is 0 Å². The van der Waals surface area contributed by atoms with Gasteiger partial charge in [0.25, 0.3) is 5.56 Å². The van der Waals surface area contributed by atoms with Crippen molar-refractivity contribution in [3.8, 4) is 0 Å². The Kier molecular flexibility index (Phi) is 6.20. The van der Waals surface area contributed by atoms with Crippen LogP contribution in [0.5, 0.6) is 0 Å². The maximum absolute atomic E-state index is 11.9. The Morgan fingerprint density at radius 1 is 1.19 bits per heavy atom. The van der Waals surface area contributed by atoms with Gasteiger partial charge in [-0.15, -0.1) is 0 Å². The number of hydrogen-bond acceptors (Lipinski definition) is 5. The summed E-state index contributed by atoms with van der Waals surface area (Å²) in [6, 6.07) is 14.3. The van der Waals surface area contributed by atoms with Crippen molar-refractivity contribution >= 4 is 17.3 Å². The van der Waals surface area contributed by atoms with Crippen molar-refractivity contribution in [2.24, 2.45) is 0 Å². The highest BCUT2D eigenvalue weighted by Crippen LogP contribution is 2.12. The minimum Gasteiger partial charge on any atom is -0.354 e. The van der Waals surface area contributed by atoms with Crippen LogP contribution in [0.25, 0.3) is 0 Å². The van der Waals surface area contributed by atoms with Crippen molar-refractivity contribution in [2.45, 2.75) is 18.9 Å². The number of benzene rings is 1. The zero-order valence-electron chi connectivity index (χ0n) is 15.1. The van der Waals surface area contributed by atoms with Gasteiger partial charge in [-0.1, -0.05) is 30.3 Å². The average molecular weight is 369 g/mol. The highest BCUT2D eigenvalue weighted by atomic mass is 32.1. The summed E-state index contributed by atoms with van der Waals surface area (Å²) in [7, 11) is 4.14. The van der Waals surface area contributed by atoms with E-state index in [1.807, 2.05) is 11.4 Å². The summed E-state index contributed by atoms with van der Waals surface area (Å²) in [6.07, 6.45) is 1.64. The van der Waals surface area contributed by atoms with Crippen molar-refractivity contribution in [1.82, 2.24) is 14.9 Å². The van der Waals surface area contributed by atoms with Gasteiger partial charge in [-0.25, -0.2) is 0 Å². The number of anilines is 1. The van der Waals surface area contributed by atoms with Gasteiger partial charge in [-0.05, 0) is 48.5 Å². The smallest absolute Gasteiger partial charge is 0.274 e. The number of aromatic amines is 1. The molecular weight excluding hydrogens is 344 g/mol. The zero-order valence-corrected chi connectivity index (χ0v) is 15.9. The van der Waals surface area contributed by atoms with Crippen molar-refractivity contribution in [1.29, 1.82) is 0 Å². The van der Waals surface area contributed by atoms with Crippen LogP contribution >= 0.6 is 11.3 Å². The molecule has 0 amide bonds. The van der Waals surface area contributed by atoms with Gasteiger partial charge in [0, 0.05) is 30.8 Å². The quantitative estimate of drug-likeness (QED) is 0.642. The molecule has 0 saturated carbocycles. The second kappa shape index (κ2) is 8.78. The fourth-order valence-corrected chi connectivity index (χ4v) is 3.51. The Hall–Kier alpha value is -2.44. The first-order chi connectivity index (χ1) is 12.6. The highest BCUT2D eigenvalue weighted by molar-refractivity contribution is 7.07. The molecule has 0 aliphatic carbocycles. The Labute approximate surface area is 157 Å². The van der Waals surface area contributed by atoms with Crippen molar-refractivity contribution in [2.75, 3.05) is 26.0 Å². The van der Waals surface area contributed by atoms with Gasteiger partial charge in [-0.3, -0.25) is 4.79 Å². The Morgan fingerprint density at radius 2 is 2.00 bits per heavy atom. The molecule has 136 valence electrons. The summed E-state index contributed by atoms with van der Waals surface area (Å²) in [5.41, 5.74) is 3.13. The number of rotatable bonds is 8. The van der Waals surface area contributed by atoms with Crippen LogP contribution in [0.3, 0.4) is 0 Å². The lowest BCUT2D eigenvalue weighted by atomic mass is 10.1. The second-order valence-electron chi connectivity index (χ2n) is 6.59. The van der Waals surface area contributed by atoms with E-state index in [1.165, 1.54) is 11.1 Å². The third-order valence-corrected chi connectivity index (χ3v) is 5.05. The van der Waals surface area contributed by atoms with Gasteiger partial charge >= 0.3 is 0 Å². The van der Waals surface area contributed by atoms with Crippen LogP contribution in [-0.2, 0) is 12.8 Å². The molecule has 2 N–H and O–H groups in total. The van der Waals surface area contributed by atoms with E-state index in [1.54, 1.807) is 17.4 Å². The molecule has 0 radical (unpaired) electrons. The van der Waals surface area contributed by atoms with Crippen LogP contribution < -0.4 is 10.9 Å². The largest absolute Gasteiger partial charge is 0.354 e. The molecule has 1 atom stereocenters. The molecule has 2 heterocycles. The fraction of sp³-hybridized carbons (Fsp3) is 0.300. The standard InChI is InChI=1S/C20H24N4OS/c1-24(2)18(11-15-6-4-3-5-7-15)13-21-20-22-17(12-19(25)23-20)10-16-8-9-26-14-16/h3-9,12,14,18H,10-11,13H2,1-2H3,(H2,21,22,23,25)/t18-/m1/s1. The van der Waals surface area contributed by atoms with Crippen LogP contribution in [-0.4, -0.2) is 41.5 Å². The number of aromatic nitrogens is 2. The molecule has 0 bridgehead atoms. The van der Waals surface area contributed by atoms with E-state index < -0.39 is 0 Å². The first kappa shape index (κ1) is 18.4. The minimum atomic E-state index is -0.221. The molecule has 5 nitrogen and oxygen atoms in total. The van der Waals surface area contributed by atoms with Gasteiger partial charge in [0.1, 0.15) is 0 Å². The minimum absolute atomic E-state index is 0.221. The fourth-order valence-electron chi connectivity index (χ4n) is 2.84. The normalized spacial score (nSPS) is 12.3. The van der Waals surface area contributed by atoms with Crippen molar-refractivity contribution in [3.05, 3.63) is 80.4 Å². The van der Waals surface area contributed by atoms with Crippen molar-refractivity contribution < 1.29 is 0 Å². The maximum Gasteiger partial charge on any atom is 0.274 e. The lowest BCUT2D eigenvalue weighted by Crippen LogP contribution is -2.37. The lowest BCUT2D eigenvalue weighted by Gasteiger charge is -2.25. The Balaban J connectivity index is 1.67. The Bertz CT molecular complexity index is 859. The molecular formula is C20H24N4OS. The second-order valence-corrected chi connectivity index (χ2v) is 7.37. The Morgan fingerprint density at radius 3 is 2.69 bits per heavy atom. The summed E-state index contributed by atoms with van der Waals surface area (Å²) in [5, 5.41) is 7.43. The van der Waals surface area contributed by atoms with E-state index in [2.05, 4.69) is 70.0 Å². The molecule has 0 aliphatic rings. The van der Waals surface area contributed by atoms with Crippen LogP contribution in [0, 0.1) is 0 Å². The van der Waals surface area contributed by atoms with Crippen LogP contribution in [0.15, 0.2) is 58.0 Å². The molecule has 1 aromatic carbocycles. The van der Waals surface area contributed by atoms with Gasteiger partial charge in [-0.2, -0.15) is 16.3 Å². The van der Waals surface area contributed by atoms with Gasteiger partial charge in [0.2, 0.25) is 5.95 Å². The number of hydrogen-bond donors (Lipinski definition) is 2. The lowest BCUT2D eigenvalue weighted by molar-refractivity contribution is 0.303. The zero-order chi connectivity index (χ0) is 18.4. The molecule has 2 aromatic heterocycles. The molecule has 0 saturated heterocycles.